The molecule has 4 nitrogen and oxygen atoms in total. The lowest BCUT2D eigenvalue weighted by molar-refractivity contribution is 0.0697. The number of benzene rings is 2. The molecule has 0 fully saturated rings. The van der Waals surface area contributed by atoms with Crippen molar-refractivity contribution in [1.29, 1.82) is 0 Å². The lowest BCUT2D eigenvalue weighted by atomic mass is 10.1. The molecule has 0 amide bonds. The van der Waals surface area contributed by atoms with Crippen LogP contribution in [0, 0.1) is 0 Å². The van der Waals surface area contributed by atoms with E-state index in [1.807, 2.05) is 32.0 Å². The number of carboxylic acid groups (broad SMARTS) is 1. The Morgan fingerprint density at radius 1 is 1.30 bits per heavy atom. The van der Waals surface area contributed by atoms with Gasteiger partial charge in [0.05, 0.1) is 26.9 Å². The van der Waals surface area contributed by atoms with Gasteiger partial charge >= 0.3 is 5.97 Å². The predicted molar refractivity (Wildman–Crippen MR) is 95.6 cm³/mol. The molecule has 0 aliphatic rings. The first kappa shape index (κ1) is 17.6. The second-order valence-corrected chi connectivity index (χ2v) is 6.55. The molecule has 0 radical (unpaired) electrons. The molecule has 0 saturated heterocycles. The van der Waals surface area contributed by atoms with Crippen LogP contribution < -0.4 is 10.1 Å². The first-order chi connectivity index (χ1) is 10.9. The molecule has 0 bridgehead atoms. The number of ether oxygens (including phenoxy) is 1. The van der Waals surface area contributed by atoms with E-state index >= 15 is 0 Å². The van der Waals surface area contributed by atoms with Gasteiger partial charge in [0.1, 0.15) is 5.75 Å². The third-order valence-electron chi connectivity index (χ3n) is 3.06. The Morgan fingerprint density at radius 2 is 2.04 bits per heavy atom. The molecule has 23 heavy (non-hydrogen) atoms. The first-order valence-corrected chi connectivity index (χ1v) is 8.25. The Balaban J connectivity index is 2.10. The molecule has 2 N–H and O–H groups in total. The van der Waals surface area contributed by atoms with Crippen LogP contribution in [0.5, 0.6) is 5.75 Å². The second kappa shape index (κ2) is 7.70. The highest BCUT2D eigenvalue weighted by Crippen LogP contribution is 2.28. The van der Waals surface area contributed by atoms with Crippen LogP contribution in [0.3, 0.4) is 0 Å². The van der Waals surface area contributed by atoms with Crippen molar-refractivity contribution in [2.24, 2.45) is 0 Å². The largest absolute Gasteiger partial charge is 0.490 e. The molecule has 0 atom stereocenters. The van der Waals surface area contributed by atoms with Crippen LogP contribution in [0.15, 0.2) is 40.9 Å². The minimum Gasteiger partial charge on any atom is -0.490 e. The summed E-state index contributed by atoms with van der Waals surface area (Å²) in [5, 5.41) is 12.7. The minimum absolute atomic E-state index is 0.104. The molecule has 0 unspecified atom stereocenters. The van der Waals surface area contributed by atoms with E-state index in [0.29, 0.717) is 17.3 Å². The highest BCUT2D eigenvalue weighted by molar-refractivity contribution is 9.10. The average molecular weight is 399 g/mol. The third kappa shape index (κ3) is 4.88. The zero-order valence-electron chi connectivity index (χ0n) is 12.8. The topological polar surface area (TPSA) is 58.6 Å². The second-order valence-electron chi connectivity index (χ2n) is 5.28. The smallest absolute Gasteiger partial charge is 0.335 e. The van der Waals surface area contributed by atoms with Gasteiger partial charge in [-0.3, -0.25) is 0 Å². The summed E-state index contributed by atoms with van der Waals surface area (Å²) in [6, 6.07) is 10.4. The van der Waals surface area contributed by atoms with Gasteiger partial charge in [0.25, 0.3) is 0 Å². The summed E-state index contributed by atoms with van der Waals surface area (Å²) in [5.41, 5.74) is 1.80. The summed E-state index contributed by atoms with van der Waals surface area (Å²) in [7, 11) is 0. The monoisotopic (exact) mass is 397 g/mol. The van der Waals surface area contributed by atoms with E-state index in [4.69, 9.17) is 21.4 Å². The van der Waals surface area contributed by atoms with E-state index < -0.39 is 5.97 Å². The van der Waals surface area contributed by atoms with E-state index in [1.165, 1.54) is 12.1 Å². The Kier molecular flexibility index (Phi) is 5.91. The number of hydrogen-bond acceptors (Lipinski definition) is 3. The minimum atomic E-state index is -0.984. The first-order valence-electron chi connectivity index (χ1n) is 7.08. The molecule has 0 heterocycles. The van der Waals surface area contributed by atoms with Crippen LogP contribution in [-0.4, -0.2) is 17.2 Å². The summed E-state index contributed by atoms with van der Waals surface area (Å²) < 4.78 is 6.54. The summed E-state index contributed by atoms with van der Waals surface area (Å²) in [6.45, 7) is 4.46. The number of rotatable bonds is 6. The molecule has 0 saturated carbocycles. The van der Waals surface area contributed by atoms with Crippen LogP contribution in [0.2, 0.25) is 5.02 Å². The fraction of sp³-hybridized carbons (Fsp3) is 0.235. The van der Waals surface area contributed by atoms with E-state index in [9.17, 15) is 4.79 Å². The van der Waals surface area contributed by atoms with Crippen LogP contribution in [0.4, 0.5) is 5.69 Å². The van der Waals surface area contributed by atoms with E-state index in [0.717, 1.165) is 15.8 Å². The number of halogens is 2. The summed E-state index contributed by atoms with van der Waals surface area (Å²) in [6.07, 6.45) is 0.104. The normalized spacial score (nSPS) is 10.7. The molecule has 2 aromatic carbocycles. The molecule has 0 aliphatic heterocycles. The van der Waals surface area contributed by atoms with Gasteiger partial charge in [-0.1, -0.05) is 17.7 Å². The lowest BCUT2D eigenvalue weighted by Gasteiger charge is -2.13. The van der Waals surface area contributed by atoms with Crippen LogP contribution in [-0.2, 0) is 6.54 Å². The molecule has 0 aromatic heterocycles. The number of nitrogens with one attached hydrogen (secondary N) is 1. The van der Waals surface area contributed by atoms with Gasteiger partial charge in [0.2, 0.25) is 0 Å². The fourth-order valence-electron chi connectivity index (χ4n) is 1.99. The van der Waals surface area contributed by atoms with Crippen molar-refractivity contribution in [3.8, 4) is 5.75 Å². The zero-order valence-corrected chi connectivity index (χ0v) is 15.1. The molecule has 0 spiro atoms. The van der Waals surface area contributed by atoms with Crippen LogP contribution in [0.1, 0.15) is 29.8 Å². The van der Waals surface area contributed by atoms with E-state index in [-0.39, 0.29) is 11.7 Å². The number of anilines is 1. The summed E-state index contributed by atoms with van der Waals surface area (Å²) in [4.78, 5) is 11.0. The Bertz CT molecular complexity index is 719. The van der Waals surface area contributed by atoms with E-state index in [2.05, 4.69) is 21.2 Å². The van der Waals surface area contributed by atoms with Gasteiger partial charge in [-0.05, 0) is 65.7 Å². The van der Waals surface area contributed by atoms with Crippen LogP contribution >= 0.6 is 27.5 Å². The van der Waals surface area contributed by atoms with Gasteiger partial charge in [0, 0.05) is 6.54 Å². The fourth-order valence-corrected chi connectivity index (χ4v) is 2.70. The summed E-state index contributed by atoms with van der Waals surface area (Å²) >= 11 is 9.59. The van der Waals surface area contributed by atoms with Gasteiger partial charge in [-0.15, -0.1) is 0 Å². The number of aromatic carboxylic acids is 1. The molecule has 0 aliphatic carbocycles. The van der Waals surface area contributed by atoms with Crippen molar-refractivity contribution in [3.05, 3.63) is 57.0 Å². The maximum Gasteiger partial charge on any atom is 0.335 e. The molecule has 6 heteroatoms. The number of carbonyl (C=O) groups is 1. The Morgan fingerprint density at radius 3 is 2.65 bits per heavy atom. The van der Waals surface area contributed by atoms with Gasteiger partial charge < -0.3 is 15.2 Å². The standard InChI is InChI=1S/C17H17BrClNO3/c1-10(2)23-16-6-3-11(7-13(16)18)9-20-15-8-12(17(21)22)4-5-14(15)19/h3-8,10,20H,9H2,1-2H3,(H,21,22). The zero-order chi connectivity index (χ0) is 17.0. The molecule has 2 aromatic rings. The van der Waals surface area contributed by atoms with Crippen molar-refractivity contribution < 1.29 is 14.6 Å². The van der Waals surface area contributed by atoms with Crippen molar-refractivity contribution in [3.63, 3.8) is 0 Å². The van der Waals surface area contributed by atoms with Crippen LogP contribution in [0.25, 0.3) is 0 Å². The maximum atomic E-state index is 11.0. The van der Waals surface area contributed by atoms with Gasteiger partial charge in [-0.2, -0.15) is 0 Å². The lowest BCUT2D eigenvalue weighted by Crippen LogP contribution is -2.07. The van der Waals surface area contributed by atoms with E-state index in [1.54, 1.807) is 6.07 Å². The van der Waals surface area contributed by atoms with Crippen molar-refractivity contribution >= 4 is 39.2 Å². The van der Waals surface area contributed by atoms with Gasteiger partial charge in [0.15, 0.2) is 0 Å². The quantitative estimate of drug-likeness (QED) is 0.702. The number of hydrogen-bond donors (Lipinski definition) is 2. The van der Waals surface area contributed by atoms with Crippen molar-refractivity contribution in [1.82, 2.24) is 0 Å². The highest BCUT2D eigenvalue weighted by atomic mass is 79.9. The molecular weight excluding hydrogens is 382 g/mol. The molecule has 122 valence electrons. The SMILES string of the molecule is CC(C)Oc1ccc(CNc2cc(C(=O)O)ccc2Cl)cc1Br. The summed E-state index contributed by atoms with van der Waals surface area (Å²) in [5.74, 6) is -0.197. The highest BCUT2D eigenvalue weighted by Gasteiger charge is 2.08. The maximum absolute atomic E-state index is 11.0. The Hall–Kier alpha value is -1.72. The molecular formula is C17H17BrClNO3. The third-order valence-corrected chi connectivity index (χ3v) is 4.00. The average Bonchev–Trinajstić information content (AvgIpc) is 2.48. The predicted octanol–water partition coefficient (Wildman–Crippen LogP) is 5.20. The van der Waals surface area contributed by atoms with Gasteiger partial charge in [-0.25, -0.2) is 4.79 Å². The number of carboxylic acids is 1. The van der Waals surface area contributed by atoms with Crippen molar-refractivity contribution in [2.45, 2.75) is 26.5 Å². The molecule has 2 rings (SSSR count). The van der Waals surface area contributed by atoms with Crippen molar-refractivity contribution in [2.75, 3.05) is 5.32 Å². The Labute approximate surface area is 148 Å².